The average molecular weight is 262 g/mol. The van der Waals surface area contributed by atoms with Gasteiger partial charge in [0.1, 0.15) is 17.5 Å². The maximum atomic E-state index is 4.56. The molecule has 1 fully saturated rings. The first-order valence-corrected chi connectivity index (χ1v) is 7.43. The molecule has 4 heteroatoms. The van der Waals surface area contributed by atoms with Crippen LogP contribution in [-0.4, -0.2) is 23.1 Å². The molecule has 0 amide bonds. The van der Waals surface area contributed by atoms with Gasteiger partial charge in [-0.1, -0.05) is 26.2 Å². The van der Waals surface area contributed by atoms with Crippen molar-refractivity contribution in [3.8, 4) is 0 Å². The van der Waals surface area contributed by atoms with Gasteiger partial charge in [0.15, 0.2) is 0 Å². The smallest absolute Gasteiger partial charge is 0.134 e. The predicted octanol–water partition coefficient (Wildman–Crippen LogP) is 3.52. The number of hydrogen-bond acceptors (Lipinski definition) is 4. The first-order valence-electron chi connectivity index (χ1n) is 7.43. The zero-order chi connectivity index (χ0) is 13.8. The standard InChI is InChI=1S/C15H26N4/c1-5-12-7-6-8-13(9-12)19-15-10(2)14(16-4)17-11(3)18-15/h12-13H,5-9H2,1-4H3,(H2,16,17,18,19). The highest BCUT2D eigenvalue weighted by molar-refractivity contribution is 5.57. The molecule has 0 aliphatic heterocycles. The highest BCUT2D eigenvalue weighted by Crippen LogP contribution is 2.29. The Morgan fingerprint density at radius 1 is 1.16 bits per heavy atom. The highest BCUT2D eigenvalue weighted by atomic mass is 15.1. The van der Waals surface area contributed by atoms with E-state index in [-0.39, 0.29) is 0 Å². The summed E-state index contributed by atoms with van der Waals surface area (Å²) in [5, 5.41) is 6.78. The maximum Gasteiger partial charge on any atom is 0.134 e. The molecule has 2 atom stereocenters. The van der Waals surface area contributed by atoms with Gasteiger partial charge in [-0.3, -0.25) is 0 Å². The Morgan fingerprint density at radius 2 is 1.89 bits per heavy atom. The van der Waals surface area contributed by atoms with E-state index in [2.05, 4.69) is 34.4 Å². The third kappa shape index (κ3) is 3.37. The Hall–Kier alpha value is -1.32. The van der Waals surface area contributed by atoms with Crippen molar-refractivity contribution in [2.24, 2.45) is 5.92 Å². The Labute approximate surface area is 116 Å². The third-order valence-corrected chi connectivity index (χ3v) is 4.20. The summed E-state index contributed by atoms with van der Waals surface area (Å²) in [5.74, 6) is 3.62. The lowest BCUT2D eigenvalue weighted by molar-refractivity contribution is 0.327. The molecule has 0 bridgehead atoms. The summed E-state index contributed by atoms with van der Waals surface area (Å²) in [7, 11) is 1.91. The number of anilines is 2. The molecule has 1 aliphatic rings. The quantitative estimate of drug-likeness (QED) is 0.871. The van der Waals surface area contributed by atoms with E-state index in [0.29, 0.717) is 6.04 Å². The van der Waals surface area contributed by atoms with Crippen LogP contribution < -0.4 is 10.6 Å². The SMILES string of the molecule is CCC1CCCC(Nc2nc(C)nc(NC)c2C)C1. The van der Waals surface area contributed by atoms with Crippen LogP contribution in [0.3, 0.4) is 0 Å². The molecule has 1 aromatic heterocycles. The summed E-state index contributed by atoms with van der Waals surface area (Å²) in [6.45, 7) is 6.32. The number of aromatic nitrogens is 2. The molecule has 106 valence electrons. The second-order valence-corrected chi connectivity index (χ2v) is 5.63. The lowest BCUT2D eigenvalue weighted by Gasteiger charge is -2.30. The fourth-order valence-electron chi connectivity index (χ4n) is 3.00. The molecule has 0 radical (unpaired) electrons. The summed E-state index contributed by atoms with van der Waals surface area (Å²) < 4.78 is 0. The lowest BCUT2D eigenvalue weighted by atomic mass is 9.84. The molecule has 0 saturated heterocycles. The van der Waals surface area contributed by atoms with Gasteiger partial charge in [-0.2, -0.15) is 0 Å². The summed E-state index contributed by atoms with van der Waals surface area (Å²) in [5.41, 5.74) is 1.12. The molecule has 1 aliphatic carbocycles. The van der Waals surface area contributed by atoms with E-state index >= 15 is 0 Å². The van der Waals surface area contributed by atoms with E-state index in [9.17, 15) is 0 Å². The lowest BCUT2D eigenvalue weighted by Crippen LogP contribution is -2.28. The number of hydrogen-bond donors (Lipinski definition) is 2. The Bertz CT molecular complexity index is 430. The molecule has 0 aromatic carbocycles. The van der Waals surface area contributed by atoms with Gasteiger partial charge < -0.3 is 10.6 Å². The third-order valence-electron chi connectivity index (χ3n) is 4.20. The van der Waals surface area contributed by atoms with Crippen LogP contribution in [0, 0.1) is 19.8 Å². The molecule has 1 heterocycles. The molecular formula is C15H26N4. The van der Waals surface area contributed by atoms with Gasteiger partial charge in [-0.25, -0.2) is 9.97 Å². The Balaban J connectivity index is 2.12. The van der Waals surface area contributed by atoms with Crippen molar-refractivity contribution in [1.82, 2.24) is 9.97 Å². The zero-order valence-electron chi connectivity index (χ0n) is 12.6. The van der Waals surface area contributed by atoms with Crippen molar-refractivity contribution in [3.63, 3.8) is 0 Å². The van der Waals surface area contributed by atoms with Gasteiger partial charge in [0.05, 0.1) is 0 Å². The number of aryl methyl sites for hydroxylation is 1. The molecule has 1 aromatic rings. The molecule has 2 N–H and O–H groups in total. The molecule has 0 spiro atoms. The van der Waals surface area contributed by atoms with Crippen LogP contribution in [0.15, 0.2) is 0 Å². The molecule has 19 heavy (non-hydrogen) atoms. The topological polar surface area (TPSA) is 49.8 Å². The van der Waals surface area contributed by atoms with Crippen molar-refractivity contribution in [1.29, 1.82) is 0 Å². The Kier molecular flexibility index (Phi) is 4.61. The van der Waals surface area contributed by atoms with Crippen LogP contribution in [0.1, 0.15) is 50.4 Å². The van der Waals surface area contributed by atoms with Crippen LogP contribution in [-0.2, 0) is 0 Å². The van der Waals surface area contributed by atoms with Crippen LogP contribution in [0.2, 0.25) is 0 Å². The number of nitrogens with zero attached hydrogens (tertiary/aromatic N) is 2. The van der Waals surface area contributed by atoms with Gasteiger partial charge in [0.2, 0.25) is 0 Å². The van der Waals surface area contributed by atoms with E-state index in [0.717, 1.165) is 28.9 Å². The van der Waals surface area contributed by atoms with Gasteiger partial charge in [-0.05, 0) is 32.6 Å². The summed E-state index contributed by atoms with van der Waals surface area (Å²) in [4.78, 5) is 8.98. The van der Waals surface area contributed by atoms with Gasteiger partial charge >= 0.3 is 0 Å². The fraction of sp³-hybridized carbons (Fsp3) is 0.733. The van der Waals surface area contributed by atoms with E-state index in [1.165, 1.54) is 32.1 Å². The second-order valence-electron chi connectivity index (χ2n) is 5.63. The van der Waals surface area contributed by atoms with Crippen molar-refractivity contribution in [3.05, 3.63) is 11.4 Å². The second kappa shape index (κ2) is 6.22. The average Bonchev–Trinajstić information content (AvgIpc) is 2.42. The van der Waals surface area contributed by atoms with E-state index < -0.39 is 0 Å². The van der Waals surface area contributed by atoms with Gasteiger partial charge in [0, 0.05) is 18.7 Å². The normalized spacial score (nSPS) is 23.2. The molecular weight excluding hydrogens is 236 g/mol. The molecule has 2 unspecified atom stereocenters. The first kappa shape index (κ1) is 14.1. The summed E-state index contributed by atoms with van der Waals surface area (Å²) in [6, 6.07) is 0.566. The van der Waals surface area contributed by atoms with Crippen LogP contribution in [0.25, 0.3) is 0 Å². The minimum absolute atomic E-state index is 0.566. The van der Waals surface area contributed by atoms with E-state index in [4.69, 9.17) is 0 Å². The Morgan fingerprint density at radius 3 is 2.58 bits per heavy atom. The van der Waals surface area contributed by atoms with Crippen LogP contribution in [0.4, 0.5) is 11.6 Å². The summed E-state index contributed by atoms with van der Waals surface area (Å²) >= 11 is 0. The predicted molar refractivity (Wildman–Crippen MR) is 80.7 cm³/mol. The van der Waals surface area contributed by atoms with Crippen LogP contribution >= 0.6 is 0 Å². The number of rotatable bonds is 4. The molecule has 4 nitrogen and oxygen atoms in total. The van der Waals surface area contributed by atoms with Crippen molar-refractivity contribution in [2.75, 3.05) is 17.7 Å². The van der Waals surface area contributed by atoms with Gasteiger partial charge in [-0.15, -0.1) is 0 Å². The van der Waals surface area contributed by atoms with Crippen LogP contribution in [0.5, 0.6) is 0 Å². The first-order chi connectivity index (χ1) is 9.13. The van der Waals surface area contributed by atoms with Crippen molar-refractivity contribution >= 4 is 11.6 Å². The monoisotopic (exact) mass is 262 g/mol. The molecule has 1 saturated carbocycles. The fourth-order valence-corrected chi connectivity index (χ4v) is 3.00. The zero-order valence-corrected chi connectivity index (χ0v) is 12.6. The van der Waals surface area contributed by atoms with E-state index in [1.54, 1.807) is 0 Å². The van der Waals surface area contributed by atoms with Crippen molar-refractivity contribution < 1.29 is 0 Å². The minimum Gasteiger partial charge on any atom is -0.373 e. The van der Waals surface area contributed by atoms with Crippen molar-refractivity contribution in [2.45, 2.75) is 58.9 Å². The van der Waals surface area contributed by atoms with Gasteiger partial charge in [0.25, 0.3) is 0 Å². The minimum atomic E-state index is 0.566. The molecule has 2 rings (SSSR count). The highest BCUT2D eigenvalue weighted by Gasteiger charge is 2.21. The maximum absolute atomic E-state index is 4.56. The summed E-state index contributed by atoms with van der Waals surface area (Å²) in [6.07, 6.45) is 6.54. The largest absolute Gasteiger partial charge is 0.373 e. The van der Waals surface area contributed by atoms with E-state index in [1.807, 2.05) is 14.0 Å². The number of nitrogens with one attached hydrogen (secondary N) is 2.